The van der Waals surface area contributed by atoms with Gasteiger partial charge in [0.2, 0.25) is 10.0 Å². The number of sulfonamides is 1. The van der Waals surface area contributed by atoms with E-state index in [1.165, 1.54) is 15.4 Å². The van der Waals surface area contributed by atoms with Gasteiger partial charge in [0.25, 0.3) is 0 Å². The number of imidazole rings is 1. The first kappa shape index (κ1) is 25.6. The highest BCUT2D eigenvalue weighted by Gasteiger charge is 2.40. The SMILES string of the molecule is O=S(=O)(c1ccc(C(F)(F)F)cc1)N1Cc2ccccc2N(Cc2cnc[nH]2)[C@@H](C2Cc3ccccc3C2)C1. The molecule has 6 nitrogen and oxygen atoms in total. The van der Waals surface area contributed by atoms with Gasteiger partial charge in [-0.2, -0.15) is 17.5 Å². The molecule has 0 fully saturated rings. The number of alkyl halides is 3. The predicted molar refractivity (Wildman–Crippen MR) is 141 cm³/mol. The van der Waals surface area contributed by atoms with E-state index in [0.717, 1.165) is 54.1 Å². The number of rotatable bonds is 5. The van der Waals surface area contributed by atoms with Gasteiger partial charge in [0.1, 0.15) is 0 Å². The number of anilines is 1. The van der Waals surface area contributed by atoms with Crippen LogP contribution in [0.2, 0.25) is 0 Å². The molecule has 1 aliphatic carbocycles. The maximum Gasteiger partial charge on any atom is 0.416 e. The summed E-state index contributed by atoms with van der Waals surface area (Å²) in [6.45, 7) is 0.836. The van der Waals surface area contributed by atoms with E-state index in [0.29, 0.717) is 6.54 Å². The molecule has 0 bridgehead atoms. The van der Waals surface area contributed by atoms with Crippen molar-refractivity contribution in [1.29, 1.82) is 0 Å². The molecule has 1 atom stereocenters. The van der Waals surface area contributed by atoms with Crippen LogP contribution in [0.5, 0.6) is 0 Å². The number of hydrogen-bond donors (Lipinski definition) is 1. The topological polar surface area (TPSA) is 69.3 Å². The molecule has 0 saturated carbocycles. The zero-order valence-electron chi connectivity index (χ0n) is 21.0. The number of nitrogens with one attached hydrogen (secondary N) is 1. The second kappa shape index (κ2) is 9.84. The summed E-state index contributed by atoms with van der Waals surface area (Å²) in [6, 6.07) is 19.6. The number of aromatic nitrogens is 2. The second-order valence-electron chi connectivity index (χ2n) is 10.2. The van der Waals surface area contributed by atoms with Gasteiger partial charge < -0.3 is 9.88 Å². The summed E-state index contributed by atoms with van der Waals surface area (Å²) in [5.41, 5.74) is 4.33. The van der Waals surface area contributed by atoms with E-state index in [4.69, 9.17) is 0 Å². The fraction of sp³-hybridized carbons (Fsp3) is 0.276. The Hall–Kier alpha value is -3.63. The standard InChI is InChI=1S/C29H27F3N4O2S/c30-29(31,32)24-9-11-26(12-10-24)39(37,38)35-16-22-7-3-4-8-27(22)36(17-25-15-33-19-34-25)28(18-35)23-13-20-5-1-2-6-21(20)14-23/h1-12,15,19,23,28H,13-14,16-18H2,(H,33,34)/t28-/m1/s1. The Morgan fingerprint density at radius 2 is 1.54 bits per heavy atom. The van der Waals surface area contributed by atoms with E-state index in [1.54, 1.807) is 12.5 Å². The first-order valence-corrected chi connectivity index (χ1v) is 14.2. The van der Waals surface area contributed by atoms with E-state index in [1.807, 2.05) is 36.4 Å². The van der Waals surface area contributed by atoms with E-state index in [9.17, 15) is 21.6 Å². The maximum absolute atomic E-state index is 13.9. The summed E-state index contributed by atoms with van der Waals surface area (Å²) < 4.78 is 68.7. The molecule has 0 unspecified atom stereocenters. The van der Waals surface area contributed by atoms with Gasteiger partial charge in [-0.15, -0.1) is 0 Å². The van der Waals surface area contributed by atoms with Crippen LogP contribution in [0.3, 0.4) is 0 Å². The van der Waals surface area contributed by atoms with Gasteiger partial charge in [-0.25, -0.2) is 13.4 Å². The average Bonchev–Trinajstić information content (AvgIpc) is 3.56. The molecule has 0 amide bonds. The maximum atomic E-state index is 13.9. The van der Waals surface area contributed by atoms with Crippen molar-refractivity contribution >= 4 is 15.7 Å². The lowest BCUT2D eigenvalue weighted by Crippen LogP contribution is -2.48. The Labute approximate surface area is 225 Å². The lowest BCUT2D eigenvalue weighted by molar-refractivity contribution is -0.137. The predicted octanol–water partition coefficient (Wildman–Crippen LogP) is 5.42. The van der Waals surface area contributed by atoms with Crippen LogP contribution >= 0.6 is 0 Å². The molecule has 4 aromatic rings. The molecule has 1 aliphatic heterocycles. The summed E-state index contributed by atoms with van der Waals surface area (Å²) in [7, 11) is -4.09. The molecule has 6 rings (SSSR count). The smallest absolute Gasteiger partial charge is 0.361 e. The van der Waals surface area contributed by atoms with Crippen molar-refractivity contribution in [2.24, 2.45) is 5.92 Å². The molecule has 0 spiro atoms. The van der Waals surface area contributed by atoms with Crippen molar-refractivity contribution in [2.75, 3.05) is 11.4 Å². The van der Waals surface area contributed by atoms with E-state index >= 15 is 0 Å². The van der Waals surface area contributed by atoms with Crippen LogP contribution in [-0.4, -0.2) is 35.3 Å². The number of nitrogens with zero attached hydrogens (tertiary/aromatic N) is 3. The number of halogens is 3. The number of H-pyrrole nitrogens is 1. The minimum Gasteiger partial charge on any atom is -0.361 e. The van der Waals surface area contributed by atoms with Gasteiger partial charge in [0.15, 0.2) is 0 Å². The van der Waals surface area contributed by atoms with E-state index in [-0.39, 0.29) is 29.9 Å². The zero-order valence-corrected chi connectivity index (χ0v) is 21.8. The third-order valence-corrected chi connectivity index (χ3v) is 9.61. The van der Waals surface area contributed by atoms with E-state index < -0.39 is 21.8 Å². The highest BCUT2D eigenvalue weighted by molar-refractivity contribution is 7.89. The number of benzene rings is 3. The fourth-order valence-electron chi connectivity index (χ4n) is 5.84. The summed E-state index contributed by atoms with van der Waals surface area (Å²) in [5, 5.41) is 0. The first-order chi connectivity index (χ1) is 18.7. The summed E-state index contributed by atoms with van der Waals surface area (Å²) in [4.78, 5) is 9.46. The van der Waals surface area contributed by atoms with Crippen LogP contribution in [0.25, 0.3) is 0 Å². The zero-order chi connectivity index (χ0) is 27.2. The monoisotopic (exact) mass is 552 g/mol. The van der Waals surface area contributed by atoms with Crippen LogP contribution in [0.1, 0.15) is 27.9 Å². The Morgan fingerprint density at radius 1 is 0.897 bits per heavy atom. The quantitative estimate of drug-likeness (QED) is 0.359. The molecule has 202 valence electrons. The lowest BCUT2D eigenvalue weighted by Gasteiger charge is -2.37. The van der Waals surface area contributed by atoms with Crippen LogP contribution in [0, 0.1) is 5.92 Å². The molecule has 0 radical (unpaired) electrons. The molecular weight excluding hydrogens is 525 g/mol. The van der Waals surface area contributed by atoms with Gasteiger partial charge in [-0.05, 0) is 65.8 Å². The minimum atomic E-state index is -4.54. The third kappa shape index (κ3) is 4.94. The Bertz CT molecular complexity index is 1550. The Kier molecular flexibility index (Phi) is 6.47. The van der Waals surface area contributed by atoms with Gasteiger partial charge in [-0.1, -0.05) is 42.5 Å². The molecular formula is C29H27F3N4O2S. The van der Waals surface area contributed by atoms with Crippen molar-refractivity contribution in [1.82, 2.24) is 14.3 Å². The number of fused-ring (bicyclic) bond motifs is 2. The van der Waals surface area contributed by atoms with Crippen LogP contribution < -0.4 is 4.90 Å². The Balaban J connectivity index is 1.41. The normalized spacial score (nSPS) is 18.5. The van der Waals surface area contributed by atoms with Crippen LogP contribution in [0.4, 0.5) is 18.9 Å². The lowest BCUT2D eigenvalue weighted by atomic mass is 9.94. The van der Waals surface area contributed by atoms with Crippen LogP contribution in [-0.2, 0) is 42.1 Å². The van der Waals surface area contributed by atoms with Crippen molar-refractivity contribution in [3.8, 4) is 0 Å². The molecule has 2 heterocycles. The van der Waals surface area contributed by atoms with Gasteiger partial charge in [0.05, 0.1) is 29.0 Å². The number of hydrogen-bond acceptors (Lipinski definition) is 4. The molecule has 2 aliphatic rings. The van der Waals surface area contributed by atoms with Gasteiger partial charge in [0, 0.05) is 31.0 Å². The summed E-state index contributed by atoms with van der Waals surface area (Å²) in [6.07, 6.45) is 0.485. The molecule has 1 N–H and O–H groups in total. The average molecular weight is 553 g/mol. The van der Waals surface area contributed by atoms with Crippen molar-refractivity contribution in [2.45, 2.75) is 43.0 Å². The third-order valence-electron chi connectivity index (χ3n) is 7.78. The largest absolute Gasteiger partial charge is 0.416 e. The highest BCUT2D eigenvalue weighted by Crippen LogP contribution is 2.39. The summed E-state index contributed by atoms with van der Waals surface area (Å²) in [5.74, 6) is 0.141. The number of para-hydroxylation sites is 1. The van der Waals surface area contributed by atoms with E-state index in [2.05, 4.69) is 27.0 Å². The van der Waals surface area contributed by atoms with Crippen molar-refractivity contribution in [3.05, 3.63) is 113 Å². The molecule has 1 aromatic heterocycles. The second-order valence-corrected chi connectivity index (χ2v) is 12.1. The first-order valence-electron chi connectivity index (χ1n) is 12.8. The highest BCUT2D eigenvalue weighted by atomic mass is 32.2. The summed E-state index contributed by atoms with van der Waals surface area (Å²) >= 11 is 0. The van der Waals surface area contributed by atoms with Crippen molar-refractivity contribution < 1.29 is 21.6 Å². The van der Waals surface area contributed by atoms with Crippen molar-refractivity contribution in [3.63, 3.8) is 0 Å². The minimum absolute atomic E-state index is 0.120. The van der Waals surface area contributed by atoms with Gasteiger partial charge in [-0.3, -0.25) is 0 Å². The molecule has 3 aromatic carbocycles. The molecule has 39 heavy (non-hydrogen) atoms. The molecule has 10 heteroatoms. The van der Waals surface area contributed by atoms with Gasteiger partial charge >= 0.3 is 6.18 Å². The molecule has 0 saturated heterocycles. The van der Waals surface area contributed by atoms with Crippen LogP contribution in [0.15, 0.2) is 90.2 Å². The fourth-order valence-corrected chi connectivity index (χ4v) is 7.27. The number of aromatic amines is 1. The Morgan fingerprint density at radius 3 is 2.15 bits per heavy atom.